The van der Waals surface area contributed by atoms with Crippen LogP contribution in [0.3, 0.4) is 0 Å². The number of ketones is 1. The fraction of sp³-hybridized carbons (Fsp3) is 0.267. The van der Waals surface area contributed by atoms with E-state index in [1.165, 1.54) is 19.2 Å². The number of alkyl halides is 3. The van der Waals surface area contributed by atoms with Gasteiger partial charge in [-0.2, -0.15) is 13.2 Å². The molecule has 198 valence electrons. The lowest BCUT2D eigenvalue weighted by Crippen LogP contribution is -2.29. The van der Waals surface area contributed by atoms with Crippen molar-refractivity contribution in [2.45, 2.75) is 45.3 Å². The van der Waals surface area contributed by atoms with Crippen LogP contribution in [0.4, 0.5) is 18.9 Å². The lowest BCUT2D eigenvalue weighted by atomic mass is 9.84. The molecule has 38 heavy (non-hydrogen) atoms. The number of benzene rings is 3. The summed E-state index contributed by atoms with van der Waals surface area (Å²) in [4.78, 5) is 27.8. The normalized spacial score (nSPS) is 17.7. The lowest BCUT2D eigenvalue weighted by molar-refractivity contribution is -0.137. The van der Waals surface area contributed by atoms with Gasteiger partial charge >= 0.3 is 6.18 Å². The van der Waals surface area contributed by atoms with E-state index in [1.807, 2.05) is 32.9 Å². The van der Waals surface area contributed by atoms with Crippen LogP contribution < -0.4 is 9.64 Å². The van der Waals surface area contributed by atoms with Crippen molar-refractivity contribution in [3.8, 4) is 5.75 Å². The maximum atomic E-state index is 13.5. The van der Waals surface area contributed by atoms with Crippen LogP contribution in [0.25, 0.3) is 5.76 Å². The number of Topliss-reactive ketones (excluding diaryl/α,β-unsaturated/α-hetero) is 1. The molecule has 1 atom stereocenters. The molecule has 1 saturated heterocycles. The van der Waals surface area contributed by atoms with Crippen molar-refractivity contribution in [2.24, 2.45) is 0 Å². The Kier molecular flexibility index (Phi) is 6.86. The number of amides is 1. The van der Waals surface area contributed by atoms with Crippen LogP contribution in [0.5, 0.6) is 5.75 Å². The lowest BCUT2D eigenvalue weighted by Gasteiger charge is -2.26. The number of hydrogen-bond acceptors (Lipinski definition) is 4. The topological polar surface area (TPSA) is 66.8 Å². The van der Waals surface area contributed by atoms with Gasteiger partial charge in [0.05, 0.1) is 24.3 Å². The number of aliphatic hydroxyl groups excluding tert-OH is 1. The van der Waals surface area contributed by atoms with E-state index < -0.39 is 29.5 Å². The zero-order valence-corrected chi connectivity index (χ0v) is 21.7. The molecule has 8 heteroatoms. The van der Waals surface area contributed by atoms with E-state index >= 15 is 0 Å². The molecular formula is C30H28F3NO4. The minimum absolute atomic E-state index is 0.109. The molecule has 1 N–H and O–H groups in total. The monoisotopic (exact) mass is 523 g/mol. The number of nitrogens with zero attached hydrogens (tertiary/aromatic N) is 1. The average Bonchev–Trinajstić information content (AvgIpc) is 3.13. The fourth-order valence-electron chi connectivity index (χ4n) is 4.52. The summed E-state index contributed by atoms with van der Waals surface area (Å²) in [7, 11) is 1.48. The predicted molar refractivity (Wildman–Crippen MR) is 139 cm³/mol. The third-order valence-corrected chi connectivity index (χ3v) is 6.69. The first-order valence-corrected chi connectivity index (χ1v) is 12.0. The molecule has 0 bridgehead atoms. The Hall–Kier alpha value is -4.07. The third kappa shape index (κ3) is 4.90. The van der Waals surface area contributed by atoms with Crippen LogP contribution in [-0.2, 0) is 21.2 Å². The number of rotatable bonds is 4. The Balaban J connectivity index is 1.98. The minimum atomic E-state index is -4.65. The second-order valence-electron chi connectivity index (χ2n) is 10.3. The van der Waals surface area contributed by atoms with Gasteiger partial charge in [-0.3, -0.25) is 14.5 Å². The summed E-state index contributed by atoms with van der Waals surface area (Å²) in [6, 6.07) is 15.0. The quantitative estimate of drug-likeness (QED) is 0.228. The Morgan fingerprint density at radius 3 is 2.16 bits per heavy atom. The maximum absolute atomic E-state index is 13.5. The van der Waals surface area contributed by atoms with E-state index in [1.54, 1.807) is 37.3 Å². The number of methoxy groups -OCH3 is 1. The summed E-state index contributed by atoms with van der Waals surface area (Å²) in [5, 5.41) is 11.5. The second kappa shape index (κ2) is 9.67. The van der Waals surface area contributed by atoms with Crippen molar-refractivity contribution in [3.05, 3.63) is 100 Å². The molecule has 0 saturated carbocycles. The molecule has 1 aliphatic heterocycles. The smallest absolute Gasteiger partial charge is 0.416 e. The summed E-state index contributed by atoms with van der Waals surface area (Å²) in [5.41, 5.74) is 0.842. The van der Waals surface area contributed by atoms with Gasteiger partial charge < -0.3 is 9.84 Å². The summed E-state index contributed by atoms with van der Waals surface area (Å²) in [5.74, 6) is -1.89. The number of carbonyl (C=O) groups is 2. The summed E-state index contributed by atoms with van der Waals surface area (Å²) in [6.07, 6.45) is -4.65. The van der Waals surface area contributed by atoms with E-state index in [0.29, 0.717) is 22.4 Å². The zero-order valence-electron chi connectivity index (χ0n) is 21.7. The second-order valence-corrected chi connectivity index (χ2v) is 10.3. The Labute approximate surface area is 219 Å². The highest BCUT2D eigenvalue weighted by Crippen LogP contribution is 2.44. The van der Waals surface area contributed by atoms with Crippen molar-refractivity contribution in [3.63, 3.8) is 0 Å². The molecule has 0 aromatic heterocycles. The number of halogens is 3. The number of carbonyl (C=O) groups excluding carboxylic acids is 2. The minimum Gasteiger partial charge on any atom is -0.507 e. The van der Waals surface area contributed by atoms with Gasteiger partial charge in [0, 0.05) is 11.3 Å². The van der Waals surface area contributed by atoms with Gasteiger partial charge in [0.2, 0.25) is 0 Å². The van der Waals surface area contributed by atoms with Crippen LogP contribution in [0.1, 0.15) is 54.6 Å². The van der Waals surface area contributed by atoms with Crippen molar-refractivity contribution in [1.29, 1.82) is 0 Å². The van der Waals surface area contributed by atoms with Crippen molar-refractivity contribution >= 4 is 23.1 Å². The average molecular weight is 524 g/mol. The Morgan fingerprint density at radius 2 is 1.58 bits per heavy atom. The van der Waals surface area contributed by atoms with Gasteiger partial charge in [0.1, 0.15) is 11.5 Å². The Bertz CT molecular complexity index is 1430. The number of aryl methyl sites for hydroxylation is 1. The first-order chi connectivity index (χ1) is 17.7. The van der Waals surface area contributed by atoms with Crippen molar-refractivity contribution in [1.82, 2.24) is 0 Å². The van der Waals surface area contributed by atoms with Gasteiger partial charge in [-0.25, -0.2) is 0 Å². The van der Waals surface area contributed by atoms with E-state index in [-0.39, 0.29) is 22.4 Å². The molecule has 1 aliphatic rings. The third-order valence-electron chi connectivity index (χ3n) is 6.69. The van der Waals surface area contributed by atoms with Crippen LogP contribution >= 0.6 is 0 Å². The standard InChI is InChI=1S/C30H28F3NO4/c1-17-9-12-19(29(2,3)4)16-23(17)26(35)24-25(18-10-13-22(38-5)14-11-18)34(28(37)27(24)36)21-8-6-7-20(15-21)30(31,32)33/h6-16,25,35H,1-5H3/b26-24+. The summed E-state index contributed by atoms with van der Waals surface area (Å²) < 4.78 is 45.7. The van der Waals surface area contributed by atoms with Gasteiger partial charge in [0.15, 0.2) is 0 Å². The highest BCUT2D eigenvalue weighted by Gasteiger charge is 2.47. The number of anilines is 1. The maximum Gasteiger partial charge on any atom is 0.416 e. The van der Waals surface area contributed by atoms with Crippen LogP contribution in [0.2, 0.25) is 0 Å². The van der Waals surface area contributed by atoms with Crippen LogP contribution in [-0.4, -0.2) is 23.9 Å². The van der Waals surface area contributed by atoms with E-state index in [4.69, 9.17) is 4.74 Å². The molecular weight excluding hydrogens is 495 g/mol. The summed E-state index contributed by atoms with van der Waals surface area (Å²) >= 11 is 0. The molecule has 1 unspecified atom stereocenters. The fourth-order valence-corrected chi connectivity index (χ4v) is 4.52. The van der Waals surface area contributed by atoms with Crippen molar-refractivity contribution < 1.29 is 32.6 Å². The molecule has 1 fully saturated rings. The van der Waals surface area contributed by atoms with Gasteiger partial charge in [-0.05, 0) is 65.4 Å². The van der Waals surface area contributed by atoms with Gasteiger partial charge in [-0.15, -0.1) is 0 Å². The molecule has 3 aromatic carbocycles. The summed E-state index contributed by atoms with van der Waals surface area (Å²) in [6.45, 7) is 7.79. The SMILES string of the molecule is COc1ccc(C2/C(=C(\O)c3cc(C(C)(C)C)ccc3C)C(=O)C(=O)N2c2cccc(C(F)(F)F)c2)cc1. The highest BCUT2D eigenvalue weighted by atomic mass is 19.4. The molecule has 0 aliphatic carbocycles. The zero-order chi connectivity index (χ0) is 28.0. The number of ether oxygens (including phenoxy) is 1. The first-order valence-electron chi connectivity index (χ1n) is 12.0. The van der Waals surface area contributed by atoms with E-state index in [0.717, 1.165) is 22.6 Å². The van der Waals surface area contributed by atoms with Crippen molar-refractivity contribution in [2.75, 3.05) is 12.0 Å². The molecule has 1 heterocycles. The molecule has 1 amide bonds. The largest absolute Gasteiger partial charge is 0.507 e. The molecule has 3 aromatic rings. The van der Waals surface area contributed by atoms with Gasteiger partial charge in [0.25, 0.3) is 11.7 Å². The molecule has 5 nitrogen and oxygen atoms in total. The number of hydrogen-bond donors (Lipinski definition) is 1. The first kappa shape index (κ1) is 27.0. The van der Waals surface area contributed by atoms with Gasteiger partial charge in [-0.1, -0.05) is 51.1 Å². The highest BCUT2D eigenvalue weighted by molar-refractivity contribution is 6.51. The molecule has 4 rings (SSSR count). The predicted octanol–water partition coefficient (Wildman–Crippen LogP) is 6.95. The molecule has 0 spiro atoms. The molecule has 0 radical (unpaired) electrons. The van der Waals surface area contributed by atoms with Crippen LogP contribution in [0, 0.1) is 6.92 Å². The number of aliphatic hydroxyl groups is 1. The van der Waals surface area contributed by atoms with Crippen LogP contribution in [0.15, 0.2) is 72.3 Å². The Morgan fingerprint density at radius 1 is 0.921 bits per heavy atom. The van der Waals surface area contributed by atoms with E-state index in [2.05, 4.69) is 0 Å². The van der Waals surface area contributed by atoms with E-state index in [9.17, 15) is 27.9 Å².